The number of rotatable bonds is 81. The Morgan fingerprint density at radius 3 is 0.689 bits per heavy atom. The lowest BCUT2D eigenvalue weighted by atomic mass is 9.99. The quantitative estimate of drug-likeness (QED) is 0.0222. The number of ether oxygens (including phenoxy) is 4. The molecule has 0 fully saturated rings. The minimum absolute atomic E-state index is 0.104. The molecule has 0 saturated carbocycles. The van der Waals surface area contributed by atoms with Crippen LogP contribution in [0.5, 0.6) is 0 Å². The largest absolute Gasteiger partial charge is 0.472 e. The summed E-state index contributed by atoms with van der Waals surface area (Å²) in [5.74, 6) is 1.06. The van der Waals surface area contributed by atoms with Gasteiger partial charge in [0.15, 0.2) is 12.2 Å². The molecular weight excluding hydrogens is 1340 g/mol. The molecule has 3 N–H and O–H groups in total. The van der Waals surface area contributed by atoms with Crippen molar-refractivity contribution in [2.45, 2.75) is 453 Å². The molecule has 0 aliphatic rings. The Hall–Kier alpha value is -1.94. The molecule has 0 rings (SSSR count). The summed E-state index contributed by atoms with van der Waals surface area (Å²) in [5.41, 5.74) is 0. The molecule has 0 aromatic rings. The Balaban J connectivity index is 5.23. The molecule has 0 heterocycles. The molecule has 19 heteroatoms. The zero-order valence-corrected chi connectivity index (χ0v) is 69.7. The Labute approximate surface area is 632 Å². The normalized spacial score (nSPS) is 14.5. The van der Waals surface area contributed by atoms with Crippen molar-refractivity contribution < 1.29 is 80.2 Å². The van der Waals surface area contributed by atoms with Crippen molar-refractivity contribution in [3.05, 3.63) is 0 Å². The summed E-state index contributed by atoms with van der Waals surface area (Å²) in [5, 5.41) is 10.7. The van der Waals surface area contributed by atoms with Crippen LogP contribution in [0.1, 0.15) is 434 Å². The van der Waals surface area contributed by atoms with Gasteiger partial charge in [0.1, 0.15) is 19.3 Å². The fourth-order valence-corrected chi connectivity index (χ4v) is 14.5. The zero-order chi connectivity index (χ0) is 76.0. The Kier molecular flexibility index (Phi) is 71.5. The number of hydrogen-bond acceptors (Lipinski definition) is 15. The SMILES string of the molecule is CCC(C)CCCCCCCCCCCCCCCCCCCCC(=O)O[C@H](COC(=O)CCCCCCCCCCCCCCCCCC(C)C)COP(=O)(O)OCC(O)COP(=O)(O)OC[C@@H](COC(=O)CCCCCCCCCCC(C)C)OC(=O)CCCCCCCCCCC(C)CC. The highest BCUT2D eigenvalue weighted by molar-refractivity contribution is 7.47. The highest BCUT2D eigenvalue weighted by atomic mass is 31.2. The predicted octanol–water partition coefficient (Wildman–Crippen LogP) is 25.2. The van der Waals surface area contributed by atoms with Crippen LogP contribution in [-0.4, -0.2) is 96.7 Å². The number of carbonyl (C=O) groups is 4. The van der Waals surface area contributed by atoms with Gasteiger partial charge in [0.05, 0.1) is 26.4 Å². The molecule has 0 aromatic heterocycles. The van der Waals surface area contributed by atoms with Crippen molar-refractivity contribution in [1.82, 2.24) is 0 Å². The minimum Gasteiger partial charge on any atom is -0.462 e. The van der Waals surface area contributed by atoms with Gasteiger partial charge in [0.25, 0.3) is 0 Å². The summed E-state index contributed by atoms with van der Waals surface area (Å²) in [6.45, 7) is 14.3. The van der Waals surface area contributed by atoms with Crippen LogP contribution in [0, 0.1) is 23.7 Å². The van der Waals surface area contributed by atoms with Gasteiger partial charge in [-0.1, -0.05) is 383 Å². The van der Waals surface area contributed by atoms with E-state index in [1.54, 1.807) is 0 Å². The number of carbonyl (C=O) groups excluding carboxylic acids is 4. The van der Waals surface area contributed by atoms with Crippen LogP contribution in [0.2, 0.25) is 0 Å². The van der Waals surface area contributed by atoms with E-state index in [0.717, 1.165) is 114 Å². The summed E-state index contributed by atoms with van der Waals surface area (Å²) >= 11 is 0. The van der Waals surface area contributed by atoms with E-state index in [4.69, 9.17) is 37.0 Å². The molecule has 0 saturated heterocycles. The first-order chi connectivity index (χ1) is 49.7. The second kappa shape index (κ2) is 72.9. The number of phosphoric acid groups is 2. The number of esters is 4. The van der Waals surface area contributed by atoms with Gasteiger partial charge in [-0.2, -0.15) is 0 Å². The molecule has 0 spiro atoms. The second-order valence-electron chi connectivity index (χ2n) is 31.7. The molecule has 7 atom stereocenters. The van der Waals surface area contributed by atoms with Crippen molar-refractivity contribution in [2.24, 2.45) is 23.7 Å². The van der Waals surface area contributed by atoms with Gasteiger partial charge in [-0.05, 0) is 49.4 Å². The van der Waals surface area contributed by atoms with Crippen LogP contribution < -0.4 is 0 Å². The smallest absolute Gasteiger partial charge is 0.462 e. The molecule has 0 bridgehead atoms. The van der Waals surface area contributed by atoms with Gasteiger partial charge in [-0.3, -0.25) is 37.3 Å². The average Bonchev–Trinajstić information content (AvgIpc) is 0.923. The highest BCUT2D eigenvalue weighted by Gasteiger charge is 2.30. The van der Waals surface area contributed by atoms with Gasteiger partial charge in [-0.15, -0.1) is 0 Å². The van der Waals surface area contributed by atoms with E-state index < -0.39 is 97.5 Å². The Morgan fingerprint density at radius 2 is 0.466 bits per heavy atom. The zero-order valence-electron chi connectivity index (χ0n) is 68.0. The molecule has 0 radical (unpaired) electrons. The van der Waals surface area contributed by atoms with E-state index in [9.17, 15) is 43.2 Å². The summed E-state index contributed by atoms with van der Waals surface area (Å²) < 4.78 is 68.8. The molecule has 0 amide bonds. The molecule has 5 unspecified atom stereocenters. The van der Waals surface area contributed by atoms with Crippen LogP contribution in [-0.2, 0) is 65.4 Å². The molecule has 612 valence electrons. The lowest BCUT2D eigenvalue weighted by molar-refractivity contribution is -0.161. The molecule has 103 heavy (non-hydrogen) atoms. The number of unbranched alkanes of at least 4 members (excludes halogenated alkanes) is 45. The molecule has 0 aliphatic heterocycles. The van der Waals surface area contributed by atoms with Crippen molar-refractivity contribution in [3.8, 4) is 0 Å². The summed E-state index contributed by atoms with van der Waals surface area (Å²) in [6, 6.07) is 0. The summed E-state index contributed by atoms with van der Waals surface area (Å²) in [7, 11) is -9.93. The van der Waals surface area contributed by atoms with Crippen LogP contribution in [0.25, 0.3) is 0 Å². The van der Waals surface area contributed by atoms with Crippen LogP contribution in [0.15, 0.2) is 0 Å². The third kappa shape index (κ3) is 75.3. The maximum absolute atomic E-state index is 13.1. The first kappa shape index (κ1) is 101. The topological polar surface area (TPSA) is 237 Å². The van der Waals surface area contributed by atoms with E-state index in [-0.39, 0.29) is 25.7 Å². The van der Waals surface area contributed by atoms with Gasteiger partial charge >= 0.3 is 39.5 Å². The maximum atomic E-state index is 13.1. The van der Waals surface area contributed by atoms with Crippen molar-refractivity contribution >= 4 is 39.5 Å². The lowest BCUT2D eigenvalue weighted by Gasteiger charge is -2.21. The van der Waals surface area contributed by atoms with Gasteiger partial charge in [0, 0.05) is 25.7 Å². The fraction of sp³-hybridized carbons (Fsp3) is 0.952. The van der Waals surface area contributed by atoms with Crippen LogP contribution >= 0.6 is 15.6 Å². The number of phosphoric ester groups is 2. The maximum Gasteiger partial charge on any atom is 0.472 e. The van der Waals surface area contributed by atoms with Crippen molar-refractivity contribution in [3.63, 3.8) is 0 Å². The van der Waals surface area contributed by atoms with Crippen LogP contribution in [0.4, 0.5) is 0 Å². The summed E-state index contributed by atoms with van der Waals surface area (Å²) in [4.78, 5) is 73.1. The van der Waals surface area contributed by atoms with E-state index >= 15 is 0 Å². The fourth-order valence-electron chi connectivity index (χ4n) is 12.9. The molecule has 0 aliphatic carbocycles. The minimum atomic E-state index is -4.97. The molecular formula is C84H164O17P2. The van der Waals surface area contributed by atoms with E-state index in [1.165, 1.54) is 238 Å². The molecule has 0 aromatic carbocycles. The van der Waals surface area contributed by atoms with Crippen molar-refractivity contribution in [1.29, 1.82) is 0 Å². The second-order valence-corrected chi connectivity index (χ2v) is 34.6. The third-order valence-corrected chi connectivity index (χ3v) is 22.2. The standard InChI is InChI=1S/C84H164O17P2/c1-9-76(7)62-54-46-38-29-25-21-17-13-11-12-14-18-23-27-31-42-50-58-66-83(88)100-79(70-94-81(86)64-56-48-40-30-26-22-19-15-16-20-24-28-36-44-52-60-74(3)4)72-98-102(90,91)96-68-78(85)69-97-103(92,93)99-73-80(71-95-82(87)65-57-49-41-34-32-37-45-53-61-75(5)6)101-84(89)67-59-51-43-35-33-39-47-55-63-77(8)10-2/h74-80,85H,9-73H2,1-8H3,(H,90,91)(H,92,93)/t76?,77?,78?,79-,80-/m1/s1. The number of hydrogen-bond donors (Lipinski definition) is 3. The van der Waals surface area contributed by atoms with Crippen molar-refractivity contribution in [2.75, 3.05) is 39.6 Å². The van der Waals surface area contributed by atoms with E-state index in [2.05, 4.69) is 55.4 Å². The van der Waals surface area contributed by atoms with Gasteiger partial charge in [-0.25, -0.2) is 9.13 Å². The third-order valence-electron chi connectivity index (χ3n) is 20.3. The summed E-state index contributed by atoms with van der Waals surface area (Å²) in [6.07, 6.45) is 61.1. The van der Waals surface area contributed by atoms with Gasteiger partial charge < -0.3 is 33.8 Å². The lowest BCUT2D eigenvalue weighted by Crippen LogP contribution is -2.30. The highest BCUT2D eigenvalue weighted by Crippen LogP contribution is 2.45. The number of aliphatic hydroxyl groups excluding tert-OH is 1. The Morgan fingerprint density at radius 1 is 0.272 bits per heavy atom. The Bertz CT molecular complexity index is 2010. The first-order valence-electron chi connectivity index (χ1n) is 43.3. The van der Waals surface area contributed by atoms with Gasteiger partial charge in [0.2, 0.25) is 0 Å². The average molecular weight is 1510 g/mol. The van der Waals surface area contributed by atoms with Crippen LogP contribution in [0.3, 0.4) is 0 Å². The first-order valence-corrected chi connectivity index (χ1v) is 46.3. The number of aliphatic hydroxyl groups is 1. The van der Waals surface area contributed by atoms with E-state index in [0.29, 0.717) is 25.7 Å². The molecule has 17 nitrogen and oxygen atoms in total. The van der Waals surface area contributed by atoms with E-state index in [1.807, 2.05) is 0 Å². The predicted molar refractivity (Wildman–Crippen MR) is 423 cm³/mol. The monoisotopic (exact) mass is 1510 g/mol.